The quantitative estimate of drug-likeness (QED) is 0.693. The zero-order valence-corrected chi connectivity index (χ0v) is 17.2. The lowest BCUT2D eigenvalue weighted by molar-refractivity contribution is 0.102. The van der Waals surface area contributed by atoms with E-state index >= 15 is 0 Å². The molecule has 1 N–H and O–H groups in total. The molecule has 0 aliphatic carbocycles. The maximum Gasteiger partial charge on any atom is 0.255 e. The van der Waals surface area contributed by atoms with Crippen molar-refractivity contribution in [3.05, 3.63) is 66.7 Å². The molecule has 1 amide bonds. The van der Waals surface area contributed by atoms with Crippen LogP contribution in [-0.2, 0) is 10.0 Å². The Labute approximate surface area is 172 Å². The lowest BCUT2D eigenvalue weighted by Gasteiger charge is -2.20. The Bertz CT molecular complexity index is 930. The molecule has 0 bridgehead atoms. The number of amides is 1. The van der Waals surface area contributed by atoms with Crippen molar-refractivity contribution in [2.24, 2.45) is 0 Å². The molecular formula is C22H26N2O4S. The van der Waals surface area contributed by atoms with Crippen LogP contribution in [0.1, 0.15) is 36.0 Å². The van der Waals surface area contributed by atoms with Gasteiger partial charge in [0.25, 0.3) is 5.91 Å². The van der Waals surface area contributed by atoms with Gasteiger partial charge >= 0.3 is 0 Å². The first kappa shape index (κ1) is 21.1. The van der Waals surface area contributed by atoms with Crippen LogP contribution in [0.25, 0.3) is 0 Å². The second kappa shape index (κ2) is 9.71. The SMILES string of the molecule is C=CCOc1ccc(C(=O)Nc2ccc(S(=O)(=O)N3CCCCCC3)cc2)cc1. The zero-order valence-electron chi connectivity index (χ0n) is 16.3. The average molecular weight is 415 g/mol. The van der Waals surface area contributed by atoms with E-state index in [0.717, 1.165) is 25.7 Å². The Morgan fingerprint density at radius 1 is 1.00 bits per heavy atom. The van der Waals surface area contributed by atoms with E-state index in [0.29, 0.717) is 36.7 Å². The molecule has 1 saturated heterocycles. The zero-order chi connectivity index (χ0) is 20.7. The van der Waals surface area contributed by atoms with Crippen molar-refractivity contribution >= 4 is 21.6 Å². The van der Waals surface area contributed by atoms with Crippen LogP contribution in [0.5, 0.6) is 5.75 Å². The fraction of sp³-hybridized carbons (Fsp3) is 0.318. The van der Waals surface area contributed by atoms with Crippen LogP contribution in [0.15, 0.2) is 66.1 Å². The molecule has 1 fully saturated rings. The number of rotatable bonds is 7. The van der Waals surface area contributed by atoms with Crippen molar-refractivity contribution in [2.45, 2.75) is 30.6 Å². The largest absolute Gasteiger partial charge is 0.490 e. The fourth-order valence-corrected chi connectivity index (χ4v) is 4.72. The van der Waals surface area contributed by atoms with Gasteiger partial charge in [0.1, 0.15) is 12.4 Å². The summed E-state index contributed by atoms with van der Waals surface area (Å²) in [7, 11) is -3.50. The van der Waals surface area contributed by atoms with E-state index in [2.05, 4.69) is 11.9 Å². The number of ether oxygens (including phenoxy) is 1. The number of carbonyl (C=O) groups excluding carboxylic acids is 1. The van der Waals surface area contributed by atoms with E-state index in [1.165, 1.54) is 0 Å². The molecule has 2 aromatic rings. The molecule has 3 rings (SSSR count). The van der Waals surface area contributed by atoms with Crippen LogP contribution >= 0.6 is 0 Å². The predicted octanol–water partition coefficient (Wildman–Crippen LogP) is 4.07. The number of hydrogen-bond donors (Lipinski definition) is 1. The molecule has 0 unspecified atom stereocenters. The Balaban J connectivity index is 1.65. The first-order chi connectivity index (χ1) is 14.0. The summed E-state index contributed by atoms with van der Waals surface area (Å²) in [5, 5.41) is 2.78. The number of anilines is 1. The maximum atomic E-state index is 12.8. The molecule has 1 aliphatic heterocycles. The van der Waals surface area contributed by atoms with Gasteiger partial charge in [-0.3, -0.25) is 4.79 Å². The lowest BCUT2D eigenvalue weighted by atomic mass is 10.2. The lowest BCUT2D eigenvalue weighted by Crippen LogP contribution is -2.31. The Morgan fingerprint density at radius 3 is 2.21 bits per heavy atom. The van der Waals surface area contributed by atoms with E-state index < -0.39 is 10.0 Å². The third kappa shape index (κ3) is 5.46. The van der Waals surface area contributed by atoms with Gasteiger partial charge in [-0.25, -0.2) is 8.42 Å². The molecule has 0 spiro atoms. The van der Waals surface area contributed by atoms with Crippen LogP contribution in [-0.4, -0.2) is 38.3 Å². The van der Waals surface area contributed by atoms with Crippen molar-refractivity contribution < 1.29 is 17.9 Å². The van der Waals surface area contributed by atoms with Gasteiger partial charge in [-0.05, 0) is 61.4 Å². The monoisotopic (exact) mass is 414 g/mol. The van der Waals surface area contributed by atoms with E-state index in [1.807, 2.05) is 0 Å². The Hall–Kier alpha value is -2.64. The summed E-state index contributed by atoms with van der Waals surface area (Å²) >= 11 is 0. The molecule has 7 heteroatoms. The third-order valence-corrected chi connectivity index (χ3v) is 6.71. The molecule has 29 heavy (non-hydrogen) atoms. The smallest absolute Gasteiger partial charge is 0.255 e. The van der Waals surface area contributed by atoms with Crippen molar-refractivity contribution in [2.75, 3.05) is 25.0 Å². The van der Waals surface area contributed by atoms with Gasteiger partial charge in [0.05, 0.1) is 4.90 Å². The predicted molar refractivity (Wildman–Crippen MR) is 114 cm³/mol. The normalized spacial score (nSPS) is 15.3. The van der Waals surface area contributed by atoms with Crippen LogP contribution in [0.4, 0.5) is 5.69 Å². The van der Waals surface area contributed by atoms with Gasteiger partial charge in [0.15, 0.2) is 0 Å². The van der Waals surface area contributed by atoms with Crippen LogP contribution in [0.3, 0.4) is 0 Å². The fourth-order valence-electron chi connectivity index (χ4n) is 3.20. The van der Waals surface area contributed by atoms with Gasteiger partial charge < -0.3 is 10.1 Å². The van der Waals surface area contributed by atoms with Crippen molar-refractivity contribution in [1.82, 2.24) is 4.31 Å². The number of carbonyl (C=O) groups is 1. The number of sulfonamides is 1. The van der Waals surface area contributed by atoms with Gasteiger partial charge in [-0.15, -0.1) is 0 Å². The molecule has 154 valence electrons. The van der Waals surface area contributed by atoms with E-state index in [4.69, 9.17) is 4.74 Å². The standard InChI is InChI=1S/C22H26N2O4S/c1-2-17-28-20-11-7-18(8-12-20)22(25)23-19-9-13-21(14-10-19)29(26,27)24-15-5-3-4-6-16-24/h2,7-14H,1,3-6,15-17H2,(H,23,25). The summed E-state index contributed by atoms with van der Waals surface area (Å²) in [6.45, 7) is 5.12. The average Bonchev–Trinajstić information content (AvgIpc) is 3.03. The highest BCUT2D eigenvalue weighted by Gasteiger charge is 2.25. The Morgan fingerprint density at radius 2 is 1.62 bits per heavy atom. The molecule has 0 radical (unpaired) electrons. The van der Waals surface area contributed by atoms with Crippen molar-refractivity contribution in [3.63, 3.8) is 0 Å². The molecule has 1 heterocycles. The number of nitrogens with one attached hydrogen (secondary N) is 1. The summed E-state index contributed by atoms with van der Waals surface area (Å²) in [5.74, 6) is 0.382. The third-order valence-electron chi connectivity index (χ3n) is 4.80. The first-order valence-electron chi connectivity index (χ1n) is 9.76. The number of hydrogen-bond acceptors (Lipinski definition) is 4. The molecule has 6 nitrogen and oxygen atoms in total. The highest BCUT2D eigenvalue weighted by atomic mass is 32.2. The second-order valence-electron chi connectivity index (χ2n) is 6.92. The van der Waals surface area contributed by atoms with Gasteiger partial charge in [0.2, 0.25) is 10.0 Å². The van der Waals surface area contributed by atoms with Crippen molar-refractivity contribution in [3.8, 4) is 5.75 Å². The summed E-state index contributed by atoms with van der Waals surface area (Å²) < 4.78 is 32.6. The molecule has 2 aromatic carbocycles. The first-order valence-corrected chi connectivity index (χ1v) is 11.2. The van der Waals surface area contributed by atoms with Gasteiger partial charge in [0, 0.05) is 24.3 Å². The molecule has 0 atom stereocenters. The number of nitrogens with zero attached hydrogens (tertiary/aromatic N) is 1. The summed E-state index contributed by atoms with van der Waals surface area (Å²) in [5.41, 5.74) is 1.02. The highest BCUT2D eigenvalue weighted by Crippen LogP contribution is 2.22. The number of benzene rings is 2. The van der Waals surface area contributed by atoms with Gasteiger partial charge in [-0.2, -0.15) is 4.31 Å². The summed E-state index contributed by atoms with van der Waals surface area (Å²) in [6, 6.07) is 13.1. The van der Waals surface area contributed by atoms with E-state index in [1.54, 1.807) is 58.9 Å². The molecular weight excluding hydrogens is 388 g/mol. The van der Waals surface area contributed by atoms with Gasteiger partial charge in [-0.1, -0.05) is 25.5 Å². The molecule has 0 aromatic heterocycles. The summed E-state index contributed by atoms with van der Waals surface area (Å²) in [4.78, 5) is 12.7. The Kier molecular flexibility index (Phi) is 7.06. The van der Waals surface area contributed by atoms with E-state index in [9.17, 15) is 13.2 Å². The topological polar surface area (TPSA) is 75.7 Å². The molecule has 1 aliphatic rings. The second-order valence-corrected chi connectivity index (χ2v) is 8.86. The highest BCUT2D eigenvalue weighted by molar-refractivity contribution is 7.89. The minimum Gasteiger partial charge on any atom is -0.490 e. The van der Waals surface area contributed by atoms with Crippen LogP contribution < -0.4 is 10.1 Å². The van der Waals surface area contributed by atoms with Crippen molar-refractivity contribution in [1.29, 1.82) is 0 Å². The minimum absolute atomic E-state index is 0.251. The van der Waals surface area contributed by atoms with E-state index in [-0.39, 0.29) is 10.8 Å². The minimum atomic E-state index is -3.50. The van der Waals surface area contributed by atoms with Crippen LogP contribution in [0, 0.1) is 0 Å². The van der Waals surface area contributed by atoms with Crippen LogP contribution in [0.2, 0.25) is 0 Å². The maximum absolute atomic E-state index is 12.8. The summed E-state index contributed by atoms with van der Waals surface area (Å²) in [6.07, 6.45) is 5.57. The molecule has 0 saturated carbocycles.